The van der Waals surface area contributed by atoms with E-state index in [1.807, 2.05) is 32.3 Å². The Bertz CT molecular complexity index is 3110. The van der Waals surface area contributed by atoms with Gasteiger partial charge >= 0.3 is 6.09 Å². The van der Waals surface area contributed by atoms with Crippen LogP contribution in [0.15, 0.2) is 41.3 Å². The van der Waals surface area contributed by atoms with Crippen molar-refractivity contribution in [2.24, 2.45) is 17.4 Å². The van der Waals surface area contributed by atoms with Crippen LogP contribution >= 0.6 is 23.1 Å². The lowest BCUT2D eigenvalue weighted by atomic mass is 9.93. The number of carbonyl (C=O) groups is 5. The summed E-state index contributed by atoms with van der Waals surface area (Å²) in [6.45, 7) is 13.5. The number of aromatic nitrogens is 7. The number of fused-ring (bicyclic) bond motifs is 2. The highest BCUT2D eigenvalue weighted by molar-refractivity contribution is 7.98. The molecule has 2 aliphatic rings. The molecule has 0 bridgehead atoms. The van der Waals surface area contributed by atoms with Crippen LogP contribution in [0.5, 0.6) is 5.75 Å². The number of anilines is 2. The molecular formula is C51H65FN14O7S2. The highest BCUT2D eigenvalue weighted by Gasteiger charge is 2.27. The van der Waals surface area contributed by atoms with Crippen LogP contribution in [0.2, 0.25) is 0 Å². The van der Waals surface area contributed by atoms with Gasteiger partial charge < -0.3 is 40.3 Å². The third kappa shape index (κ3) is 12.6. The van der Waals surface area contributed by atoms with Crippen molar-refractivity contribution in [3.8, 4) is 5.75 Å². The zero-order chi connectivity index (χ0) is 53.3. The van der Waals surface area contributed by atoms with Crippen molar-refractivity contribution < 1.29 is 37.8 Å². The molecule has 2 aromatic carbocycles. The van der Waals surface area contributed by atoms with Gasteiger partial charge in [-0.1, -0.05) is 19.1 Å². The summed E-state index contributed by atoms with van der Waals surface area (Å²) in [5, 5.41) is 14.1. The third-order valence-corrected chi connectivity index (χ3v) is 15.2. The summed E-state index contributed by atoms with van der Waals surface area (Å²) in [6, 6.07) is 6.31. The van der Waals surface area contributed by atoms with Crippen molar-refractivity contribution in [1.29, 1.82) is 0 Å². The minimum Gasteiger partial charge on any atom is -0.491 e. The van der Waals surface area contributed by atoms with Crippen molar-refractivity contribution >= 4 is 86.8 Å². The van der Waals surface area contributed by atoms with Gasteiger partial charge in [-0.05, 0) is 109 Å². The van der Waals surface area contributed by atoms with Crippen LogP contribution in [-0.4, -0.2) is 139 Å². The van der Waals surface area contributed by atoms with E-state index >= 15 is 4.39 Å². The Labute approximate surface area is 441 Å². The Balaban J connectivity index is 1.03. The molecule has 0 aliphatic carbocycles. The predicted molar refractivity (Wildman–Crippen MR) is 286 cm³/mol. The van der Waals surface area contributed by atoms with Crippen LogP contribution in [0, 0.1) is 25.6 Å². The second-order valence-electron chi connectivity index (χ2n) is 18.5. The number of halogens is 1. The fraction of sp³-hybridized carbons (Fsp3) is 0.471. The number of ether oxygens (including phenoxy) is 2. The summed E-state index contributed by atoms with van der Waals surface area (Å²) in [4.78, 5) is 84.9. The molecule has 4 aromatic heterocycles. The van der Waals surface area contributed by atoms with Gasteiger partial charge in [-0.3, -0.25) is 39.4 Å². The molecule has 0 saturated carbocycles. The van der Waals surface area contributed by atoms with Gasteiger partial charge in [0.15, 0.2) is 11.5 Å². The molecule has 75 heavy (non-hydrogen) atoms. The van der Waals surface area contributed by atoms with E-state index in [0.29, 0.717) is 101 Å². The van der Waals surface area contributed by atoms with Gasteiger partial charge in [0.25, 0.3) is 11.8 Å². The summed E-state index contributed by atoms with van der Waals surface area (Å²) >= 11 is 2.63. The fourth-order valence-corrected chi connectivity index (χ4v) is 11.1. The number of rotatable bonds is 22. The number of nitrogens with one attached hydrogen (secondary N) is 3. The molecule has 6 heterocycles. The molecule has 5 amide bonds. The highest BCUT2D eigenvalue weighted by atomic mass is 32.2. The van der Waals surface area contributed by atoms with E-state index in [1.165, 1.54) is 53.6 Å². The van der Waals surface area contributed by atoms with E-state index in [0.717, 1.165) is 30.9 Å². The van der Waals surface area contributed by atoms with Crippen LogP contribution in [0.25, 0.3) is 22.1 Å². The smallest absolute Gasteiger partial charge is 0.409 e. The quantitative estimate of drug-likeness (QED) is 0.0282. The zero-order valence-electron chi connectivity index (χ0n) is 43.0. The van der Waals surface area contributed by atoms with Crippen molar-refractivity contribution in [1.82, 2.24) is 49.0 Å². The van der Waals surface area contributed by atoms with Crippen molar-refractivity contribution in [2.45, 2.75) is 90.7 Å². The second kappa shape index (κ2) is 24.6. The van der Waals surface area contributed by atoms with Crippen LogP contribution in [0.4, 0.5) is 21.1 Å². The van der Waals surface area contributed by atoms with Gasteiger partial charge in [0.05, 0.1) is 46.2 Å². The average molecular weight is 1070 g/mol. The maximum atomic E-state index is 15.3. The van der Waals surface area contributed by atoms with Crippen molar-refractivity contribution in [3.05, 3.63) is 80.3 Å². The Kier molecular flexibility index (Phi) is 17.9. The lowest BCUT2D eigenvalue weighted by molar-refractivity contribution is 0.0727. The number of aryl methyl sites for hydroxylation is 4. The number of nitrogens with zero attached hydrogens (tertiary/aromatic N) is 9. The number of hydrogen-bond donors (Lipinski definition) is 5. The van der Waals surface area contributed by atoms with Gasteiger partial charge in [-0.25, -0.2) is 24.1 Å². The van der Waals surface area contributed by atoms with Gasteiger partial charge in [0, 0.05) is 68.4 Å². The molecular weight excluding hydrogens is 1000 g/mol. The van der Waals surface area contributed by atoms with Crippen molar-refractivity contribution in [3.63, 3.8) is 0 Å². The fourth-order valence-electron chi connectivity index (χ4n) is 9.55. The topological polar surface area (TPSA) is 265 Å². The largest absolute Gasteiger partial charge is 0.491 e. The van der Waals surface area contributed by atoms with Gasteiger partial charge in [0.2, 0.25) is 23.7 Å². The van der Waals surface area contributed by atoms with E-state index in [2.05, 4.69) is 30.9 Å². The Morgan fingerprint density at radius 3 is 2.13 bits per heavy atom. The minimum atomic E-state index is -0.764. The second-order valence-corrected chi connectivity index (χ2v) is 20.5. The first-order valence-corrected chi connectivity index (χ1v) is 27.4. The maximum absolute atomic E-state index is 15.3. The van der Waals surface area contributed by atoms with E-state index in [4.69, 9.17) is 30.9 Å². The third-order valence-electron chi connectivity index (χ3n) is 13.5. The number of carbonyl (C=O) groups excluding carboxylic acids is 5. The number of allylic oxidation sites excluding steroid dienone is 2. The Morgan fingerprint density at radius 1 is 0.853 bits per heavy atom. The molecule has 2 saturated heterocycles. The SMILES string of the molecule is CCc1nc(C)sc1C(=O)Nc1nc2cc(C(N)=O)cc(OCCCN3CCN(C(=O)OCCCC4CCNCC4)CC3)c2n1C/C=C/Cn1c(NC(=O)c2c(F)c(C)nn2CC)nc2cc(C(N)=O)cc(SC)c21. The number of primary amides is 2. The summed E-state index contributed by atoms with van der Waals surface area (Å²) in [7, 11) is 0. The Morgan fingerprint density at radius 2 is 1.49 bits per heavy atom. The molecule has 6 aromatic rings. The van der Waals surface area contributed by atoms with Crippen LogP contribution < -0.4 is 32.2 Å². The van der Waals surface area contributed by atoms with E-state index in [-0.39, 0.29) is 66.7 Å². The molecule has 8 rings (SSSR count). The molecule has 0 unspecified atom stereocenters. The monoisotopic (exact) mass is 1070 g/mol. The standard InChI is InChI=1S/C51H65FN14O7S2/c1-6-35-44(75-31(4)56-35)48(70)60-50-57-36-26-33(45(53)67)28-38(72-25-11-17-62-20-22-63(23-21-62)51(71)73-24-10-12-32-13-15-55-16-14-32)41(36)64(50)18-8-9-19-65-42-37(27-34(46(54)68)29-39(42)74-5)58-49(65)59-47(69)43-40(52)30(3)61-66(43)7-2/h8-9,26-29,32,55H,6-7,10-25H2,1-5H3,(H2,53,67)(H2,54,68)(H,57,60,70)(H,58,59,69)/b9-8+. The normalized spacial score (nSPS) is 14.6. The number of benzene rings is 2. The number of thiazole rings is 1. The van der Waals surface area contributed by atoms with E-state index in [9.17, 15) is 24.0 Å². The van der Waals surface area contributed by atoms with Gasteiger partial charge in [-0.15, -0.1) is 23.1 Å². The lowest BCUT2D eigenvalue weighted by Gasteiger charge is -2.34. The minimum absolute atomic E-state index is 0.0724. The summed E-state index contributed by atoms with van der Waals surface area (Å²) in [5.41, 5.74) is 14.2. The van der Waals surface area contributed by atoms with Crippen molar-refractivity contribution in [2.75, 3.05) is 75.9 Å². The molecule has 24 heteroatoms. The molecule has 400 valence electrons. The molecule has 2 fully saturated rings. The van der Waals surface area contributed by atoms with Crippen LogP contribution in [-0.2, 0) is 30.8 Å². The highest BCUT2D eigenvalue weighted by Crippen LogP contribution is 2.34. The summed E-state index contributed by atoms with van der Waals surface area (Å²) in [5.74, 6) is -1.99. The molecule has 0 spiro atoms. The predicted octanol–water partition coefficient (Wildman–Crippen LogP) is 6.36. The average Bonchev–Trinajstić information content (AvgIpc) is 4.16. The molecule has 7 N–H and O–H groups in total. The first kappa shape index (κ1) is 54.4. The number of piperazine rings is 1. The van der Waals surface area contributed by atoms with Gasteiger partial charge in [0.1, 0.15) is 16.1 Å². The number of hydrogen-bond acceptors (Lipinski definition) is 15. The number of piperidine rings is 1. The number of thioether (sulfide) groups is 1. The molecule has 0 radical (unpaired) electrons. The van der Waals surface area contributed by atoms with E-state index < -0.39 is 29.4 Å². The molecule has 2 aliphatic heterocycles. The number of amides is 5. The maximum Gasteiger partial charge on any atom is 0.409 e. The summed E-state index contributed by atoms with van der Waals surface area (Å²) < 4.78 is 32.2. The van der Waals surface area contributed by atoms with Crippen LogP contribution in [0.3, 0.4) is 0 Å². The number of nitrogens with two attached hydrogens (primary N) is 2. The lowest BCUT2D eigenvalue weighted by Crippen LogP contribution is -2.49. The number of imidazole rings is 2. The zero-order valence-corrected chi connectivity index (χ0v) is 44.6. The molecule has 21 nitrogen and oxygen atoms in total. The van der Waals surface area contributed by atoms with Crippen LogP contribution in [0.1, 0.15) is 103 Å². The molecule has 0 atom stereocenters. The van der Waals surface area contributed by atoms with Gasteiger partial charge in [-0.2, -0.15) is 5.10 Å². The first-order valence-electron chi connectivity index (χ1n) is 25.3. The Hall–Kier alpha value is -6.89. The first-order chi connectivity index (χ1) is 36.2. The summed E-state index contributed by atoms with van der Waals surface area (Å²) in [6.07, 6.45) is 10.7. The van der Waals surface area contributed by atoms with E-state index in [1.54, 1.807) is 39.2 Å².